The molecule has 0 saturated heterocycles. The van der Waals surface area contributed by atoms with E-state index in [2.05, 4.69) is 36.9 Å². The number of terminal acetylenes is 1. The number of nitrogens with zero attached hydrogens (tertiary/aromatic N) is 2. The third-order valence-corrected chi connectivity index (χ3v) is 6.02. The van der Waals surface area contributed by atoms with Gasteiger partial charge in [-0.2, -0.15) is 4.98 Å². The van der Waals surface area contributed by atoms with Gasteiger partial charge in [-0.05, 0) is 60.7 Å². The third-order valence-electron chi connectivity index (χ3n) is 6.02. The Morgan fingerprint density at radius 3 is 2.49 bits per heavy atom. The summed E-state index contributed by atoms with van der Waals surface area (Å²) in [6.45, 7) is 9.40. The molecule has 4 aromatic rings. The van der Waals surface area contributed by atoms with Crippen molar-refractivity contribution in [3.8, 4) is 35.1 Å². The number of aryl methyl sites for hydroxylation is 1. The first-order chi connectivity index (χ1) is 16.9. The van der Waals surface area contributed by atoms with E-state index in [0.717, 1.165) is 33.3 Å². The molecule has 0 atom stereocenters. The molecule has 0 aliphatic heterocycles. The van der Waals surface area contributed by atoms with Crippen LogP contribution in [0.15, 0.2) is 65.5 Å². The SMILES string of the molecule is C#CCOc1ccc2c(c1)c(-c1ccc(C(C)C)cc1)nc(=O)n2Cc1ccc(C)c(OCC)c1. The molecule has 0 unspecified atom stereocenters. The average molecular weight is 467 g/mol. The largest absolute Gasteiger partial charge is 0.494 e. The summed E-state index contributed by atoms with van der Waals surface area (Å²) in [6.07, 6.45) is 5.38. The fourth-order valence-corrected chi connectivity index (χ4v) is 4.11. The second kappa shape index (κ2) is 10.5. The van der Waals surface area contributed by atoms with Crippen LogP contribution < -0.4 is 15.2 Å². The number of rotatable bonds is 8. The zero-order chi connectivity index (χ0) is 24.9. The molecule has 0 bridgehead atoms. The predicted octanol–water partition coefficient (Wildman–Crippen LogP) is 5.95. The van der Waals surface area contributed by atoms with E-state index >= 15 is 0 Å². The van der Waals surface area contributed by atoms with Crippen LogP contribution >= 0.6 is 0 Å². The fraction of sp³-hybridized carbons (Fsp3) is 0.267. The molecule has 5 nitrogen and oxygen atoms in total. The van der Waals surface area contributed by atoms with E-state index in [1.807, 2.05) is 62.4 Å². The topological polar surface area (TPSA) is 53.3 Å². The Morgan fingerprint density at radius 1 is 1.03 bits per heavy atom. The van der Waals surface area contributed by atoms with E-state index in [1.165, 1.54) is 5.56 Å². The number of ether oxygens (including phenoxy) is 2. The number of hydrogen-bond acceptors (Lipinski definition) is 4. The minimum Gasteiger partial charge on any atom is -0.494 e. The standard InChI is InChI=1S/C30H30N2O3/c1-6-16-35-25-14-15-27-26(18-25)29(24-12-10-23(11-13-24)20(3)4)31-30(33)32(27)19-22-9-8-21(5)28(17-22)34-7-2/h1,8-15,17-18,20H,7,16,19H2,2-5H3. The lowest BCUT2D eigenvalue weighted by molar-refractivity contribution is 0.337. The minimum absolute atomic E-state index is 0.167. The van der Waals surface area contributed by atoms with E-state index in [0.29, 0.717) is 30.5 Å². The van der Waals surface area contributed by atoms with Gasteiger partial charge in [0.25, 0.3) is 0 Å². The smallest absolute Gasteiger partial charge is 0.348 e. The molecule has 0 aliphatic rings. The Morgan fingerprint density at radius 2 is 1.80 bits per heavy atom. The maximum atomic E-state index is 13.3. The molecule has 0 amide bonds. The first-order valence-electron chi connectivity index (χ1n) is 11.8. The Kier molecular flexibility index (Phi) is 7.22. The van der Waals surface area contributed by atoms with Gasteiger partial charge < -0.3 is 9.47 Å². The molecule has 0 spiro atoms. The third kappa shape index (κ3) is 5.22. The van der Waals surface area contributed by atoms with Crippen LogP contribution in [0.4, 0.5) is 0 Å². The van der Waals surface area contributed by atoms with E-state index < -0.39 is 0 Å². The maximum Gasteiger partial charge on any atom is 0.348 e. The summed E-state index contributed by atoms with van der Waals surface area (Å²) in [7, 11) is 0. The molecule has 3 aromatic carbocycles. The van der Waals surface area contributed by atoms with Crippen molar-refractivity contribution < 1.29 is 9.47 Å². The van der Waals surface area contributed by atoms with Crippen LogP contribution in [0.25, 0.3) is 22.2 Å². The summed E-state index contributed by atoms with van der Waals surface area (Å²) in [4.78, 5) is 17.8. The van der Waals surface area contributed by atoms with Gasteiger partial charge in [-0.1, -0.05) is 56.2 Å². The lowest BCUT2D eigenvalue weighted by Crippen LogP contribution is -2.24. The van der Waals surface area contributed by atoms with Crippen LogP contribution in [0.3, 0.4) is 0 Å². The first kappa shape index (κ1) is 24.1. The lowest BCUT2D eigenvalue weighted by Gasteiger charge is -2.16. The predicted molar refractivity (Wildman–Crippen MR) is 141 cm³/mol. The van der Waals surface area contributed by atoms with E-state index in [9.17, 15) is 4.79 Å². The van der Waals surface area contributed by atoms with E-state index in [-0.39, 0.29) is 12.3 Å². The molecule has 1 heterocycles. The Balaban J connectivity index is 1.86. The number of benzene rings is 3. The highest BCUT2D eigenvalue weighted by molar-refractivity contribution is 5.93. The van der Waals surface area contributed by atoms with Crippen molar-refractivity contribution in [1.82, 2.24) is 9.55 Å². The Labute approximate surface area is 206 Å². The molecular weight excluding hydrogens is 436 g/mol. The van der Waals surface area contributed by atoms with Crippen molar-refractivity contribution in [3.63, 3.8) is 0 Å². The van der Waals surface area contributed by atoms with Crippen LogP contribution in [0.2, 0.25) is 0 Å². The number of hydrogen-bond donors (Lipinski definition) is 0. The summed E-state index contributed by atoms with van der Waals surface area (Å²) < 4.78 is 13.1. The molecule has 0 fully saturated rings. The molecule has 35 heavy (non-hydrogen) atoms. The number of aromatic nitrogens is 2. The highest BCUT2D eigenvalue weighted by Crippen LogP contribution is 2.30. The van der Waals surface area contributed by atoms with Crippen molar-refractivity contribution in [1.29, 1.82) is 0 Å². The summed E-state index contributed by atoms with van der Waals surface area (Å²) in [5.74, 6) is 4.37. The molecule has 4 rings (SSSR count). The monoisotopic (exact) mass is 466 g/mol. The molecule has 1 aromatic heterocycles. The van der Waals surface area contributed by atoms with E-state index in [1.54, 1.807) is 4.57 Å². The summed E-state index contributed by atoms with van der Waals surface area (Å²) in [6, 6.07) is 19.8. The fourth-order valence-electron chi connectivity index (χ4n) is 4.11. The van der Waals surface area contributed by atoms with Crippen molar-refractivity contribution in [3.05, 3.63) is 87.8 Å². The van der Waals surface area contributed by atoms with Crippen LogP contribution in [0.1, 0.15) is 43.4 Å². The van der Waals surface area contributed by atoms with Crippen molar-refractivity contribution in [2.75, 3.05) is 13.2 Å². The van der Waals surface area contributed by atoms with Gasteiger partial charge in [0.15, 0.2) is 0 Å². The molecule has 0 radical (unpaired) electrons. The molecule has 0 N–H and O–H groups in total. The van der Waals surface area contributed by atoms with Gasteiger partial charge in [0.2, 0.25) is 0 Å². The van der Waals surface area contributed by atoms with Crippen LogP contribution in [0, 0.1) is 19.3 Å². The van der Waals surface area contributed by atoms with Gasteiger partial charge in [-0.25, -0.2) is 4.79 Å². The normalized spacial score (nSPS) is 11.0. The molecule has 0 aliphatic carbocycles. The average Bonchev–Trinajstić information content (AvgIpc) is 2.86. The summed E-state index contributed by atoms with van der Waals surface area (Å²) in [5, 5.41) is 0.827. The van der Waals surface area contributed by atoms with Gasteiger partial charge in [-0.3, -0.25) is 4.57 Å². The number of fused-ring (bicyclic) bond motifs is 1. The minimum atomic E-state index is -0.309. The van der Waals surface area contributed by atoms with Gasteiger partial charge in [0, 0.05) is 10.9 Å². The van der Waals surface area contributed by atoms with Gasteiger partial charge in [-0.15, -0.1) is 6.42 Å². The van der Waals surface area contributed by atoms with Crippen LogP contribution in [-0.4, -0.2) is 22.8 Å². The second-order valence-electron chi connectivity index (χ2n) is 8.81. The highest BCUT2D eigenvalue weighted by atomic mass is 16.5. The van der Waals surface area contributed by atoms with Gasteiger partial charge >= 0.3 is 5.69 Å². The van der Waals surface area contributed by atoms with Crippen LogP contribution in [0.5, 0.6) is 11.5 Å². The first-order valence-corrected chi connectivity index (χ1v) is 11.8. The summed E-state index contributed by atoms with van der Waals surface area (Å²) in [5.41, 5.74) is 5.23. The maximum absolute atomic E-state index is 13.3. The highest BCUT2D eigenvalue weighted by Gasteiger charge is 2.15. The van der Waals surface area contributed by atoms with Crippen molar-refractivity contribution >= 4 is 10.9 Å². The van der Waals surface area contributed by atoms with Crippen molar-refractivity contribution in [2.24, 2.45) is 0 Å². The zero-order valence-electron chi connectivity index (χ0n) is 20.7. The summed E-state index contributed by atoms with van der Waals surface area (Å²) >= 11 is 0. The molecule has 178 valence electrons. The Bertz CT molecular complexity index is 1440. The molecule has 5 heteroatoms. The zero-order valence-corrected chi connectivity index (χ0v) is 20.7. The molecule has 0 saturated carbocycles. The molecular formula is C30H30N2O3. The van der Waals surface area contributed by atoms with E-state index in [4.69, 9.17) is 15.9 Å². The quantitative estimate of drug-likeness (QED) is 0.301. The van der Waals surface area contributed by atoms with Gasteiger partial charge in [0.05, 0.1) is 24.4 Å². The van der Waals surface area contributed by atoms with Gasteiger partial charge in [0.1, 0.15) is 18.1 Å². The van der Waals surface area contributed by atoms with Crippen LogP contribution in [-0.2, 0) is 6.54 Å². The lowest BCUT2D eigenvalue weighted by atomic mass is 9.99. The Hall–Kier alpha value is -4.04. The van der Waals surface area contributed by atoms with Crippen molar-refractivity contribution in [2.45, 2.75) is 40.2 Å². The second-order valence-corrected chi connectivity index (χ2v) is 8.81.